The molecule has 10 nitrogen and oxygen atoms in total. The highest BCUT2D eigenvalue weighted by atomic mass is 16.7. The molecule has 1 heterocycles. The first kappa shape index (κ1) is 43.7. The minimum atomic E-state index is -1.59. The van der Waals surface area contributed by atoms with Crippen LogP contribution in [0.15, 0.2) is 0 Å². The summed E-state index contributed by atoms with van der Waals surface area (Å²) in [6.45, 7) is 3.39. The molecule has 0 aromatic heterocycles. The van der Waals surface area contributed by atoms with Gasteiger partial charge in [0.25, 0.3) is 0 Å². The maximum Gasteiger partial charge on any atom is 0.306 e. The second kappa shape index (κ2) is 29.6. The van der Waals surface area contributed by atoms with E-state index in [1.807, 2.05) is 0 Å². The molecule has 278 valence electrons. The van der Waals surface area contributed by atoms with Crippen LogP contribution >= 0.6 is 0 Å². The molecule has 0 radical (unpaired) electrons. The zero-order valence-corrected chi connectivity index (χ0v) is 29.8. The Morgan fingerprint density at radius 2 is 1.00 bits per heavy atom. The van der Waals surface area contributed by atoms with Crippen molar-refractivity contribution in [3.8, 4) is 0 Å². The van der Waals surface area contributed by atoms with Crippen molar-refractivity contribution in [1.29, 1.82) is 0 Å². The summed E-state index contributed by atoms with van der Waals surface area (Å²) in [6, 6.07) is 0. The maximum absolute atomic E-state index is 12.7. The molecule has 10 heteroatoms. The first-order valence-corrected chi connectivity index (χ1v) is 19.1. The van der Waals surface area contributed by atoms with Crippen LogP contribution in [0, 0.1) is 0 Å². The molecule has 0 aromatic rings. The number of ether oxygens (including phenoxy) is 4. The van der Waals surface area contributed by atoms with Gasteiger partial charge in [0.05, 0.1) is 13.2 Å². The van der Waals surface area contributed by atoms with E-state index in [-0.39, 0.29) is 32.0 Å². The molecular formula is C37H70O10. The van der Waals surface area contributed by atoms with Crippen molar-refractivity contribution in [3.05, 3.63) is 0 Å². The average molecular weight is 675 g/mol. The number of aliphatic hydroxyl groups excluding tert-OH is 4. The van der Waals surface area contributed by atoms with E-state index < -0.39 is 49.4 Å². The van der Waals surface area contributed by atoms with Crippen LogP contribution in [-0.2, 0) is 28.5 Å². The molecule has 0 saturated carbocycles. The molecule has 4 N–H and O–H groups in total. The van der Waals surface area contributed by atoms with Crippen molar-refractivity contribution < 1.29 is 49.0 Å². The minimum Gasteiger partial charge on any atom is -0.462 e. The lowest BCUT2D eigenvalue weighted by Crippen LogP contribution is -2.59. The van der Waals surface area contributed by atoms with E-state index in [9.17, 15) is 30.0 Å². The van der Waals surface area contributed by atoms with Crippen molar-refractivity contribution in [3.63, 3.8) is 0 Å². The van der Waals surface area contributed by atoms with Crippen molar-refractivity contribution in [2.24, 2.45) is 0 Å². The lowest BCUT2D eigenvalue weighted by Gasteiger charge is -2.39. The largest absolute Gasteiger partial charge is 0.462 e. The Morgan fingerprint density at radius 1 is 0.574 bits per heavy atom. The van der Waals surface area contributed by atoms with Crippen LogP contribution < -0.4 is 0 Å². The highest BCUT2D eigenvalue weighted by Gasteiger charge is 2.44. The fourth-order valence-corrected chi connectivity index (χ4v) is 5.89. The Bertz CT molecular complexity index is 749. The van der Waals surface area contributed by atoms with Gasteiger partial charge in [0.2, 0.25) is 0 Å². The van der Waals surface area contributed by atoms with Crippen molar-refractivity contribution in [2.75, 3.05) is 19.8 Å². The highest BCUT2D eigenvalue weighted by Crippen LogP contribution is 2.22. The monoisotopic (exact) mass is 674 g/mol. The summed E-state index contributed by atoms with van der Waals surface area (Å²) in [6.07, 6.45) is 18.3. The first-order valence-electron chi connectivity index (χ1n) is 19.1. The van der Waals surface area contributed by atoms with E-state index in [4.69, 9.17) is 18.9 Å². The Balaban J connectivity index is 2.39. The number of aliphatic hydroxyl groups is 4. The summed E-state index contributed by atoms with van der Waals surface area (Å²) < 4.78 is 22.0. The third kappa shape index (κ3) is 22.1. The number of hydrogen-bond donors (Lipinski definition) is 4. The van der Waals surface area contributed by atoms with Gasteiger partial charge in [-0.3, -0.25) is 9.59 Å². The van der Waals surface area contributed by atoms with Gasteiger partial charge in [-0.15, -0.1) is 0 Å². The summed E-state index contributed by atoms with van der Waals surface area (Å²) >= 11 is 0. The van der Waals surface area contributed by atoms with Crippen LogP contribution in [-0.4, -0.2) is 89.0 Å². The van der Waals surface area contributed by atoms with Gasteiger partial charge in [-0.05, 0) is 12.8 Å². The second-order valence-electron chi connectivity index (χ2n) is 13.4. The van der Waals surface area contributed by atoms with Crippen LogP contribution in [0.5, 0.6) is 0 Å². The molecule has 0 bridgehead atoms. The quantitative estimate of drug-likeness (QED) is 0.0464. The van der Waals surface area contributed by atoms with Gasteiger partial charge >= 0.3 is 11.9 Å². The van der Waals surface area contributed by atoms with Crippen LogP contribution in [0.25, 0.3) is 0 Å². The van der Waals surface area contributed by atoms with Gasteiger partial charge in [0.15, 0.2) is 12.4 Å². The Kier molecular flexibility index (Phi) is 27.5. The maximum atomic E-state index is 12.7. The van der Waals surface area contributed by atoms with Gasteiger partial charge < -0.3 is 39.4 Å². The number of esters is 2. The average Bonchev–Trinajstić information content (AvgIpc) is 3.06. The summed E-state index contributed by atoms with van der Waals surface area (Å²) in [5.74, 6) is -0.802. The number of carbonyl (C=O) groups is 2. The Morgan fingerprint density at radius 3 is 1.45 bits per heavy atom. The fourth-order valence-electron chi connectivity index (χ4n) is 5.89. The van der Waals surface area contributed by atoms with Gasteiger partial charge in [-0.1, -0.05) is 142 Å². The molecular weight excluding hydrogens is 604 g/mol. The first-order chi connectivity index (χ1) is 22.8. The van der Waals surface area contributed by atoms with Gasteiger partial charge in [-0.2, -0.15) is 0 Å². The van der Waals surface area contributed by atoms with Crippen LogP contribution in [0.1, 0.15) is 168 Å². The van der Waals surface area contributed by atoms with Crippen LogP contribution in [0.3, 0.4) is 0 Å². The predicted octanol–water partition coefficient (Wildman–Crippen LogP) is 6.66. The Hall–Kier alpha value is -1.30. The standard InChI is InChI=1S/C37H70O10/c1-3-5-7-9-11-13-14-15-16-18-20-22-24-26-33(40)46-30(29-45-37-36(43)35(42)34(41)31(27-38)47-37)28-44-32(39)25-23-21-19-17-12-10-8-6-4-2/h30-31,34-38,41-43H,3-29H2,1-2H3/t30-,31-,34+,35+,36-,37-/m1/s1. The second-order valence-corrected chi connectivity index (χ2v) is 13.4. The molecule has 1 fully saturated rings. The van der Waals surface area contributed by atoms with Crippen molar-refractivity contribution in [1.82, 2.24) is 0 Å². The molecule has 0 spiro atoms. The third-order valence-corrected chi connectivity index (χ3v) is 8.99. The van der Waals surface area contributed by atoms with Crippen molar-refractivity contribution >= 4 is 11.9 Å². The molecule has 0 aliphatic carbocycles. The van der Waals surface area contributed by atoms with E-state index in [0.717, 1.165) is 38.5 Å². The third-order valence-electron chi connectivity index (χ3n) is 8.99. The van der Waals surface area contributed by atoms with E-state index in [0.29, 0.717) is 6.42 Å². The lowest BCUT2D eigenvalue weighted by molar-refractivity contribution is -0.305. The summed E-state index contributed by atoms with van der Waals surface area (Å²) in [7, 11) is 0. The molecule has 1 rings (SSSR count). The van der Waals surface area contributed by atoms with Crippen molar-refractivity contribution in [2.45, 2.75) is 205 Å². The van der Waals surface area contributed by atoms with E-state index >= 15 is 0 Å². The zero-order chi connectivity index (χ0) is 34.5. The van der Waals surface area contributed by atoms with Gasteiger partial charge in [0.1, 0.15) is 31.0 Å². The minimum absolute atomic E-state index is 0.210. The molecule has 0 aromatic carbocycles. The van der Waals surface area contributed by atoms with Crippen LogP contribution in [0.4, 0.5) is 0 Å². The predicted molar refractivity (Wildman–Crippen MR) is 183 cm³/mol. The molecule has 0 amide bonds. The number of unbranched alkanes of at least 4 members (excludes halogenated alkanes) is 20. The summed E-state index contributed by atoms with van der Waals surface area (Å²) in [4.78, 5) is 25.1. The lowest BCUT2D eigenvalue weighted by atomic mass is 9.99. The molecule has 1 aliphatic rings. The van der Waals surface area contributed by atoms with E-state index in [2.05, 4.69) is 13.8 Å². The molecule has 0 unspecified atom stereocenters. The molecule has 6 atom stereocenters. The SMILES string of the molecule is CCCCCCCCCCCCCCCC(=O)O[C@H](COC(=O)CCCCCCCCCCC)CO[C@@H]1O[C@H](CO)[C@H](O)[C@H](O)[C@H]1O. The van der Waals surface area contributed by atoms with Gasteiger partial charge in [-0.25, -0.2) is 0 Å². The highest BCUT2D eigenvalue weighted by molar-refractivity contribution is 5.70. The van der Waals surface area contributed by atoms with Crippen LogP contribution in [0.2, 0.25) is 0 Å². The number of hydrogen-bond acceptors (Lipinski definition) is 10. The molecule has 1 aliphatic heterocycles. The normalized spacial score (nSPS) is 21.9. The van der Waals surface area contributed by atoms with Gasteiger partial charge in [0, 0.05) is 12.8 Å². The number of carbonyl (C=O) groups excluding carboxylic acids is 2. The van der Waals surface area contributed by atoms with E-state index in [1.54, 1.807) is 0 Å². The fraction of sp³-hybridized carbons (Fsp3) is 0.946. The zero-order valence-electron chi connectivity index (χ0n) is 29.8. The molecule has 47 heavy (non-hydrogen) atoms. The van der Waals surface area contributed by atoms with E-state index in [1.165, 1.54) is 96.3 Å². The smallest absolute Gasteiger partial charge is 0.306 e. The number of rotatable bonds is 31. The Labute approximate surface area is 285 Å². The topological polar surface area (TPSA) is 152 Å². The molecule has 1 saturated heterocycles. The summed E-state index contributed by atoms with van der Waals surface area (Å²) in [5.41, 5.74) is 0. The summed E-state index contributed by atoms with van der Waals surface area (Å²) in [5, 5.41) is 39.8.